The summed E-state index contributed by atoms with van der Waals surface area (Å²) in [6.45, 7) is 4.68. The quantitative estimate of drug-likeness (QED) is 0.911. The van der Waals surface area contributed by atoms with Crippen LogP contribution in [0.15, 0.2) is 18.2 Å². The van der Waals surface area contributed by atoms with E-state index in [0.29, 0.717) is 6.61 Å². The molecule has 106 valence electrons. The zero-order valence-corrected chi connectivity index (χ0v) is 11.1. The molecule has 0 fully saturated rings. The second kappa shape index (κ2) is 4.71. The Balaban J connectivity index is 2.14. The van der Waals surface area contributed by atoms with E-state index in [1.54, 1.807) is 12.1 Å². The molecule has 5 heteroatoms. The number of hydrogen-bond donors (Lipinski definition) is 1. The molecule has 0 saturated carbocycles. The van der Waals surface area contributed by atoms with Gasteiger partial charge in [-0.1, -0.05) is 19.9 Å². The molecule has 0 amide bonds. The molecule has 1 aliphatic heterocycles. The molecular weight excluding hydrogens is 255 g/mol. The highest BCUT2D eigenvalue weighted by molar-refractivity contribution is 5.45. The van der Waals surface area contributed by atoms with Crippen LogP contribution in [0.1, 0.15) is 43.9 Å². The van der Waals surface area contributed by atoms with Gasteiger partial charge in [0.15, 0.2) is 0 Å². The lowest BCUT2D eigenvalue weighted by Crippen LogP contribution is -2.19. The van der Waals surface area contributed by atoms with E-state index in [9.17, 15) is 13.2 Å². The molecule has 0 aliphatic carbocycles. The number of rotatable bonds is 3. The fourth-order valence-corrected chi connectivity index (χ4v) is 2.25. The lowest BCUT2D eigenvalue weighted by atomic mass is 9.85. The number of nitrogens with two attached hydrogens (primary N) is 1. The van der Waals surface area contributed by atoms with Gasteiger partial charge in [-0.3, -0.25) is 0 Å². The molecule has 0 aromatic heterocycles. The van der Waals surface area contributed by atoms with Gasteiger partial charge in [0.2, 0.25) is 0 Å². The van der Waals surface area contributed by atoms with Crippen molar-refractivity contribution in [3.05, 3.63) is 29.3 Å². The summed E-state index contributed by atoms with van der Waals surface area (Å²) in [5.74, 6) is 0.803. The van der Waals surface area contributed by atoms with E-state index in [0.717, 1.165) is 16.9 Å². The van der Waals surface area contributed by atoms with Crippen LogP contribution in [0.3, 0.4) is 0 Å². The van der Waals surface area contributed by atoms with Crippen LogP contribution in [-0.4, -0.2) is 12.8 Å². The molecule has 2 rings (SSSR count). The number of hydrogen-bond acceptors (Lipinski definition) is 2. The number of ether oxygens (including phenoxy) is 1. The van der Waals surface area contributed by atoms with Gasteiger partial charge in [-0.05, 0) is 24.1 Å². The third-order valence-electron chi connectivity index (χ3n) is 3.49. The largest absolute Gasteiger partial charge is 0.492 e. The average Bonchev–Trinajstić information content (AvgIpc) is 2.61. The lowest BCUT2D eigenvalue weighted by molar-refractivity contribution is -0.136. The summed E-state index contributed by atoms with van der Waals surface area (Å²) in [4.78, 5) is 0. The van der Waals surface area contributed by atoms with Gasteiger partial charge >= 0.3 is 6.18 Å². The van der Waals surface area contributed by atoms with Crippen LogP contribution in [0.4, 0.5) is 13.2 Å². The van der Waals surface area contributed by atoms with Crippen molar-refractivity contribution in [2.45, 2.75) is 44.3 Å². The van der Waals surface area contributed by atoms with Gasteiger partial charge in [-0.25, -0.2) is 0 Å². The topological polar surface area (TPSA) is 35.2 Å². The SMILES string of the molecule is CC1(C)COc2ccc(C(N)CCC(F)(F)F)cc21. The fraction of sp³-hybridized carbons (Fsp3) is 0.571. The van der Waals surface area contributed by atoms with Crippen LogP contribution in [-0.2, 0) is 5.41 Å². The summed E-state index contributed by atoms with van der Waals surface area (Å²) in [6.07, 6.45) is -5.11. The molecule has 2 N–H and O–H groups in total. The van der Waals surface area contributed by atoms with Crippen LogP contribution in [0.25, 0.3) is 0 Å². The fourth-order valence-electron chi connectivity index (χ4n) is 2.25. The third kappa shape index (κ3) is 3.21. The van der Waals surface area contributed by atoms with Crippen LogP contribution >= 0.6 is 0 Å². The highest BCUT2D eigenvalue weighted by Crippen LogP contribution is 2.40. The molecule has 1 unspecified atom stereocenters. The highest BCUT2D eigenvalue weighted by Gasteiger charge is 2.33. The summed E-state index contributed by atoms with van der Waals surface area (Å²) in [6, 6.07) is 4.83. The van der Waals surface area contributed by atoms with Gasteiger partial charge in [0.1, 0.15) is 5.75 Å². The van der Waals surface area contributed by atoms with E-state index in [2.05, 4.69) is 0 Å². The normalized spacial score (nSPS) is 18.8. The first-order chi connectivity index (χ1) is 8.69. The Bertz CT molecular complexity index is 468. The van der Waals surface area contributed by atoms with Gasteiger partial charge in [0, 0.05) is 23.4 Å². The van der Waals surface area contributed by atoms with Crippen molar-refractivity contribution in [3.63, 3.8) is 0 Å². The Morgan fingerprint density at radius 1 is 1.37 bits per heavy atom. The maximum atomic E-state index is 12.2. The van der Waals surface area contributed by atoms with Gasteiger partial charge in [-0.15, -0.1) is 0 Å². The van der Waals surface area contributed by atoms with E-state index in [1.807, 2.05) is 19.9 Å². The number of alkyl halides is 3. The second-order valence-electron chi connectivity index (χ2n) is 5.69. The first-order valence-corrected chi connectivity index (χ1v) is 6.29. The number of halogens is 3. The first-order valence-electron chi connectivity index (χ1n) is 6.29. The molecule has 1 aromatic carbocycles. The van der Waals surface area contributed by atoms with Crippen molar-refractivity contribution in [2.24, 2.45) is 5.73 Å². The second-order valence-corrected chi connectivity index (χ2v) is 5.69. The van der Waals surface area contributed by atoms with E-state index < -0.39 is 18.6 Å². The Kier molecular flexibility index (Phi) is 3.51. The summed E-state index contributed by atoms with van der Waals surface area (Å²) in [5, 5.41) is 0. The smallest absolute Gasteiger partial charge is 0.389 e. The van der Waals surface area contributed by atoms with E-state index in [1.165, 1.54) is 0 Å². The molecule has 1 atom stereocenters. The van der Waals surface area contributed by atoms with Crippen molar-refractivity contribution >= 4 is 0 Å². The molecule has 0 radical (unpaired) electrons. The maximum absolute atomic E-state index is 12.2. The van der Waals surface area contributed by atoms with Gasteiger partial charge in [-0.2, -0.15) is 13.2 Å². The van der Waals surface area contributed by atoms with Crippen LogP contribution < -0.4 is 10.5 Å². The molecule has 1 aliphatic rings. The van der Waals surface area contributed by atoms with Crippen LogP contribution in [0.5, 0.6) is 5.75 Å². The lowest BCUT2D eigenvalue weighted by Gasteiger charge is -2.18. The minimum atomic E-state index is -4.16. The number of fused-ring (bicyclic) bond motifs is 1. The van der Waals surface area contributed by atoms with E-state index >= 15 is 0 Å². The summed E-state index contributed by atoms with van der Waals surface area (Å²) in [7, 11) is 0. The molecule has 2 nitrogen and oxygen atoms in total. The Hall–Kier alpha value is -1.23. The van der Waals surface area contributed by atoms with Crippen molar-refractivity contribution in [1.29, 1.82) is 0 Å². The third-order valence-corrected chi connectivity index (χ3v) is 3.49. The van der Waals surface area contributed by atoms with E-state index in [-0.39, 0.29) is 11.8 Å². The zero-order valence-electron chi connectivity index (χ0n) is 11.1. The predicted octanol–water partition coefficient (Wildman–Crippen LogP) is 3.70. The standard InChI is InChI=1S/C14H18F3NO/c1-13(2)8-19-12-4-3-9(7-10(12)13)11(18)5-6-14(15,16)17/h3-4,7,11H,5-6,8,18H2,1-2H3. The van der Waals surface area contributed by atoms with Crippen LogP contribution in [0, 0.1) is 0 Å². The average molecular weight is 273 g/mol. The molecule has 1 heterocycles. The van der Waals surface area contributed by atoms with Gasteiger partial charge in [0.05, 0.1) is 6.61 Å². The Labute approximate surface area is 110 Å². The van der Waals surface area contributed by atoms with E-state index in [4.69, 9.17) is 10.5 Å². The van der Waals surface area contributed by atoms with Gasteiger partial charge < -0.3 is 10.5 Å². The molecule has 1 aromatic rings. The molecule has 0 saturated heterocycles. The minimum Gasteiger partial charge on any atom is -0.492 e. The monoisotopic (exact) mass is 273 g/mol. The van der Waals surface area contributed by atoms with Crippen molar-refractivity contribution in [2.75, 3.05) is 6.61 Å². The molecule has 0 spiro atoms. The van der Waals surface area contributed by atoms with Crippen molar-refractivity contribution < 1.29 is 17.9 Å². The Morgan fingerprint density at radius 3 is 2.68 bits per heavy atom. The summed E-state index contributed by atoms with van der Waals surface area (Å²) < 4.78 is 42.1. The molecular formula is C14H18F3NO. The maximum Gasteiger partial charge on any atom is 0.389 e. The summed E-state index contributed by atoms with van der Waals surface area (Å²) in [5.41, 5.74) is 7.49. The summed E-state index contributed by atoms with van der Waals surface area (Å²) >= 11 is 0. The highest BCUT2D eigenvalue weighted by atomic mass is 19.4. The van der Waals surface area contributed by atoms with Crippen molar-refractivity contribution in [3.8, 4) is 5.75 Å². The van der Waals surface area contributed by atoms with Crippen molar-refractivity contribution in [1.82, 2.24) is 0 Å². The zero-order chi connectivity index (χ0) is 14.3. The predicted molar refractivity (Wildman–Crippen MR) is 67.2 cm³/mol. The first kappa shape index (κ1) is 14.2. The molecule has 0 bridgehead atoms. The minimum absolute atomic E-state index is 0.0937. The van der Waals surface area contributed by atoms with Gasteiger partial charge in [0.25, 0.3) is 0 Å². The Morgan fingerprint density at radius 2 is 2.05 bits per heavy atom. The van der Waals surface area contributed by atoms with Crippen LogP contribution in [0.2, 0.25) is 0 Å². The number of benzene rings is 1. The molecule has 19 heavy (non-hydrogen) atoms.